The average Bonchev–Trinajstić information content (AvgIpc) is 2.92. The van der Waals surface area contributed by atoms with Crippen LogP contribution >= 0.6 is 0 Å². The fraction of sp³-hybridized carbons (Fsp3) is 0.318. The Hall–Kier alpha value is -3.33. The number of hydrogen-bond donors (Lipinski definition) is 1. The number of aromatic nitrogens is 1. The number of methoxy groups -OCH3 is 1. The molecule has 0 spiro atoms. The smallest absolute Gasteiger partial charge is 0.337 e. The summed E-state index contributed by atoms with van der Waals surface area (Å²) >= 11 is 0. The van der Waals surface area contributed by atoms with E-state index in [1.807, 2.05) is 26.0 Å². The molecule has 0 aliphatic heterocycles. The molecular formula is C22H25N3O3. The van der Waals surface area contributed by atoms with Crippen molar-refractivity contribution in [2.75, 3.05) is 12.4 Å². The molecule has 6 heteroatoms. The van der Waals surface area contributed by atoms with E-state index in [4.69, 9.17) is 0 Å². The van der Waals surface area contributed by atoms with Gasteiger partial charge in [-0.3, -0.25) is 4.79 Å². The number of nitrogens with one attached hydrogen (secondary N) is 1. The average molecular weight is 379 g/mol. The van der Waals surface area contributed by atoms with Crippen LogP contribution in [0.2, 0.25) is 0 Å². The van der Waals surface area contributed by atoms with E-state index in [9.17, 15) is 14.9 Å². The van der Waals surface area contributed by atoms with Gasteiger partial charge in [0.05, 0.1) is 12.7 Å². The van der Waals surface area contributed by atoms with E-state index >= 15 is 0 Å². The molecule has 0 radical (unpaired) electrons. The summed E-state index contributed by atoms with van der Waals surface area (Å²) in [6.45, 7) is 9.15. The van der Waals surface area contributed by atoms with Crippen LogP contribution in [0, 0.1) is 31.1 Å². The Morgan fingerprint density at radius 3 is 2.61 bits per heavy atom. The maximum Gasteiger partial charge on any atom is 0.337 e. The van der Waals surface area contributed by atoms with E-state index in [2.05, 4.69) is 28.5 Å². The molecule has 0 aliphatic rings. The molecule has 1 N–H and O–H groups in total. The predicted molar refractivity (Wildman–Crippen MR) is 109 cm³/mol. The third-order valence-electron chi connectivity index (χ3n) is 4.37. The van der Waals surface area contributed by atoms with E-state index in [0.29, 0.717) is 17.2 Å². The lowest BCUT2D eigenvalue weighted by molar-refractivity contribution is -0.112. The highest BCUT2D eigenvalue weighted by Gasteiger charge is 2.14. The first kappa shape index (κ1) is 21.0. The van der Waals surface area contributed by atoms with Crippen molar-refractivity contribution >= 4 is 23.6 Å². The monoisotopic (exact) mass is 379 g/mol. The van der Waals surface area contributed by atoms with Crippen molar-refractivity contribution < 1.29 is 14.3 Å². The Kier molecular flexibility index (Phi) is 6.78. The molecule has 0 fully saturated rings. The summed E-state index contributed by atoms with van der Waals surface area (Å²) in [4.78, 5) is 24.2. The number of amides is 1. The number of esters is 1. The summed E-state index contributed by atoms with van der Waals surface area (Å²) in [7, 11) is 1.29. The Balaban J connectivity index is 2.27. The maximum atomic E-state index is 12.6. The van der Waals surface area contributed by atoms with Crippen molar-refractivity contribution in [3.05, 3.63) is 58.4 Å². The Morgan fingerprint density at radius 1 is 1.29 bits per heavy atom. The van der Waals surface area contributed by atoms with Gasteiger partial charge in [-0.15, -0.1) is 0 Å². The number of hydrogen-bond acceptors (Lipinski definition) is 4. The van der Waals surface area contributed by atoms with Gasteiger partial charge in [-0.25, -0.2) is 4.79 Å². The summed E-state index contributed by atoms with van der Waals surface area (Å²) in [6, 6.07) is 10.3. The van der Waals surface area contributed by atoms with Gasteiger partial charge in [0.15, 0.2) is 0 Å². The number of carbonyl (C=O) groups excluding carboxylic acids is 2. The van der Waals surface area contributed by atoms with Crippen LogP contribution in [0.25, 0.3) is 6.08 Å². The molecule has 0 saturated carbocycles. The lowest BCUT2D eigenvalue weighted by Crippen LogP contribution is -2.14. The summed E-state index contributed by atoms with van der Waals surface area (Å²) in [5.41, 5.74) is 3.67. The van der Waals surface area contributed by atoms with Crippen LogP contribution in [0.15, 0.2) is 35.9 Å². The minimum absolute atomic E-state index is 0.00623. The zero-order chi connectivity index (χ0) is 20.8. The van der Waals surface area contributed by atoms with Crippen molar-refractivity contribution in [2.24, 2.45) is 5.92 Å². The number of nitrogens with zero attached hydrogens (tertiary/aromatic N) is 2. The van der Waals surface area contributed by atoms with Gasteiger partial charge in [0.25, 0.3) is 5.91 Å². The van der Waals surface area contributed by atoms with Crippen LogP contribution in [-0.4, -0.2) is 23.6 Å². The molecule has 1 aromatic carbocycles. The van der Waals surface area contributed by atoms with E-state index in [1.165, 1.54) is 13.2 Å². The summed E-state index contributed by atoms with van der Waals surface area (Å²) in [5, 5.41) is 12.1. The summed E-state index contributed by atoms with van der Waals surface area (Å²) in [5.74, 6) is -0.537. The number of anilines is 1. The minimum Gasteiger partial charge on any atom is -0.465 e. The zero-order valence-corrected chi connectivity index (χ0v) is 16.9. The van der Waals surface area contributed by atoms with Crippen molar-refractivity contribution in [3.8, 4) is 6.07 Å². The van der Waals surface area contributed by atoms with Gasteiger partial charge in [-0.1, -0.05) is 19.9 Å². The molecule has 28 heavy (non-hydrogen) atoms. The van der Waals surface area contributed by atoms with Gasteiger partial charge >= 0.3 is 5.97 Å². The third kappa shape index (κ3) is 4.89. The molecule has 146 valence electrons. The number of benzene rings is 1. The highest BCUT2D eigenvalue weighted by Crippen LogP contribution is 2.20. The normalized spacial score (nSPS) is 11.2. The van der Waals surface area contributed by atoms with Gasteiger partial charge in [0, 0.05) is 23.6 Å². The largest absolute Gasteiger partial charge is 0.465 e. The number of rotatable bonds is 6. The number of ether oxygens (including phenoxy) is 1. The maximum absolute atomic E-state index is 12.6. The summed E-state index contributed by atoms with van der Waals surface area (Å²) in [6.07, 6.45) is 1.60. The second-order valence-corrected chi connectivity index (χ2v) is 7.03. The first-order chi connectivity index (χ1) is 13.3. The Bertz CT molecular complexity index is 962. The Morgan fingerprint density at radius 2 is 2.00 bits per heavy atom. The van der Waals surface area contributed by atoms with Gasteiger partial charge in [-0.2, -0.15) is 5.26 Å². The lowest BCUT2D eigenvalue weighted by atomic mass is 10.1. The van der Waals surface area contributed by atoms with Gasteiger partial charge in [0.2, 0.25) is 0 Å². The fourth-order valence-electron chi connectivity index (χ4n) is 2.96. The SMILES string of the molecule is COC(=O)c1cccc(NC(=O)/C(C#N)=C/c2cc(C)n(CC(C)C)c2C)c1. The van der Waals surface area contributed by atoms with Crippen LogP contribution in [0.1, 0.15) is 41.2 Å². The van der Waals surface area contributed by atoms with Crippen molar-refractivity contribution in [2.45, 2.75) is 34.2 Å². The molecule has 0 atom stereocenters. The van der Waals surface area contributed by atoms with E-state index < -0.39 is 11.9 Å². The standard InChI is InChI=1S/C22H25N3O3/c1-14(2)13-25-15(3)9-18(16(25)4)10-19(12-23)21(26)24-20-8-6-7-17(11-20)22(27)28-5/h6-11,14H,13H2,1-5H3,(H,24,26)/b19-10+. The molecule has 1 heterocycles. The van der Waals surface area contributed by atoms with Crippen LogP contribution in [0.3, 0.4) is 0 Å². The highest BCUT2D eigenvalue weighted by molar-refractivity contribution is 6.10. The number of nitriles is 1. The van der Waals surface area contributed by atoms with Gasteiger partial charge in [-0.05, 0) is 55.7 Å². The van der Waals surface area contributed by atoms with E-state index in [1.54, 1.807) is 24.3 Å². The van der Waals surface area contributed by atoms with Crippen LogP contribution in [0.5, 0.6) is 0 Å². The molecule has 1 amide bonds. The molecular weight excluding hydrogens is 354 g/mol. The zero-order valence-electron chi connectivity index (χ0n) is 16.9. The van der Waals surface area contributed by atoms with Crippen LogP contribution in [0.4, 0.5) is 5.69 Å². The third-order valence-corrected chi connectivity index (χ3v) is 4.37. The molecule has 0 aliphatic carbocycles. The van der Waals surface area contributed by atoms with E-state index in [0.717, 1.165) is 23.5 Å². The molecule has 0 saturated heterocycles. The Labute approximate surface area is 165 Å². The topological polar surface area (TPSA) is 84.1 Å². The fourth-order valence-corrected chi connectivity index (χ4v) is 2.96. The predicted octanol–water partition coefficient (Wildman–Crippen LogP) is 4.09. The second kappa shape index (κ2) is 9.05. The van der Waals surface area contributed by atoms with Crippen molar-refractivity contribution in [1.29, 1.82) is 5.26 Å². The minimum atomic E-state index is -0.529. The summed E-state index contributed by atoms with van der Waals surface area (Å²) < 4.78 is 6.86. The van der Waals surface area contributed by atoms with Crippen molar-refractivity contribution in [1.82, 2.24) is 4.57 Å². The lowest BCUT2D eigenvalue weighted by Gasteiger charge is -2.12. The molecule has 1 aromatic heterocycles. The second-order valence-electron chi connectivity index (χ2n) is 7.03. The number of aryl methyl sites for hydroxylation is 1. The molecule has 2 rings (SSSR count). The molecule has 0 bridgehead atoms. The van der Waals surface area contributed by atoms with Gasteiger partial charge in [0.1, 0.15) is 11.6 Å². The highest BCUT2D eigenvalue weighted by atomic mass is 16.5. The first-order valence-electron chi connectivity index (χ1n) is 9.05. The van der Waals surface area contributed by atoms with Crippen LogP contribution in [-0.2, 0) is 16.1 Å². The molecule has 6 nitrogen and oxygen atoms in total. The van der Waals surface area contributed by atoms with E-state index in [-0.39, 0.29) is 5.57 Å². The number of carbonyl (C=O) groups is 2. The quantitative estimate of drug-likeness (QED) is 0.465. The molecule has 0 unspecified atom stereocenters. The first-order valence-corrected chi connectivity index (χ1v) is 9.05. The van der Waals surface area contributed by atoms with Crippen molar-refractivity contribution in [3.63, 3.8) is 0 Å². The van der Waals surface area contributed by atoms with Gasteiger partial charge < -0.3 is 14.6 Å². The molecule has 2 aromatic rings. The van der Waals surface area contributed by atoms with Crippen LogP contribution < -0.4 is 5.32 Å².